The van der Waals surface area contributed by atoms with Crippen LogP contribution in [0.3, 0.4) is 0 Å². The van der Waals surface area contributed by atoms with Gasteiger partial charge >= 0.3 is 0 Å². The molecule has 0 bridgehead atoms. The molecule has 160 valence electrons. The number of rotatable bonds is 5. The van der Waals surface area contributed by atoms with Gasteiger partial charge in [0.05, 0.1) is 11.7 Å². The van der Waals surface area contributed by atoms with Crippen LogP contribution in [0.1, 0.15) is 47.6 Å². The quantitative estimate of drug-likeness (QED) is 0.636. The van der Waals surface area contributed by atoms with E-state index in [-0.39, 0.29) is 17.0 Å². The Hall–Kier alpha value is -2.96. The minimum atomic E-state index is -0.746. The van der Waals surface area contributed by atoms with Crippen molar-refractivity contribution >= 4 is 17.5 Å². The average Bonchev–Trinajstić information content (AvgIpc) is 2.80. The van der Waals surface area contributed by atoms with Crippen molar-refractivity contribution in [2.45, 2.75) is 37.1 Å². The third kappa shape index (κ3) is 4.13. The zero-order valence-corrected chi connectivity index (χ0v) is 17.9. The number of aromatic nitrogens is 2. The van der Waals surface area contributed by atoms with E-state index in [1.165, 1.54) is 10.7 Å². The van der Waals surface area contributed by atoms with E-state index in [9.17, 15) is 9.59 Å². The molecule has 1 aromatic heterocycles. The third-order valence-electron chi connectivity index (χ3n) is 6.36. The first-order valence-corrected chi connectivity index (χ1v) is 10.8. The van der Waals surface area contributed by atoms with Crippen molar-refractivity contribution in [3.8, 4) is 11.3 Å². The Kier molecular flexibility index (Phi) is 5.94. The van der Waals surface area contributed by atoms with Gasteiger partial charge in [0.15, 0.2) is 0 Å². The van der Waals surface area contributed by atoms with E-state index < -0.39 is 11.5 Å². The number of nitrogens with two attached hydrogens (primary N) is 2. The maximum atomic E-state index is 13.0. The molecular formula is C24H25ClN4O2. The van der Waals surface area contributed by atoms with Gasteiger partial charge in [0.25, 0.3) is 11.5 Å². The number of amides is 1. The molecule has 1 heterocycles. The highest BCUT2D eigenvalue weighted by Crippen LogP contribution is 2.42. The summed E-state index contributed by atoms with van der Waals surface area (Å²) in [7, 11) is 0. The second-order valence-corrected chi connectivity index (χ2v) is 8.59. The number of hydrogen-bond acceptors (Lipinski definition) is 4. The fourth-order valence-corrected chi connectivity index (χ4v) is 4.71. The number of halogens is 1. The van der Waals surface area contributed by atoms with Gasteiger partial charge in [-0.1, -0.05) is 54.1 Å². The molecule has 6 nitrogen and oxygen atoms in total. The summed E-state index contributed by atoms with van der Waals surface area (Å²) < 4.78 is 1.45. The van der Waals surface area contributed by atoms with E-state index in [4.69, 9.17) is 23.1 Å². The molecule has 0 spiro atoms. The predicted molar refractivity (Wildman–Crippen MR) is 122 cm³/mol. The maximum Gasteiger partial charge on any atom is 0.279 e. The van der Waals surface area contributed by atoms with Crippen LogP contribution in [0.2, 0.25) is 5.02 Å². The molecule has 4 N–H and O–H groups in total. The molecule has 2 aromatic carbocycles. The fourth-order valence-electron chi connectivity index (χ4n) is 4.51. The van der Waals surface area contributed by atoms with Crippen LogP contribution in [-0.4, -0.2) is 22.2 Å². The van der Waals surface area contributed by atoms with E-state index >= 15 is 0 Å². The lowest BCUT2D eigenvalue weighted by atomic mass is 9.68. The lowest BCUT2D eigenvalue weighted by Crippen LogP contribution is -2.42. The number of hydrogen-bond donors (Lipinski definition) is 2. The summed E-state index contributed by atoms with van der Waals surface area (Å²) in [6, 6.07) is 18.6. The summed E-state index contributed by atoms with van der Waals surface area (Å²) >= 11 is 6.21. The van der Waals surface area contributed by atoms with Gasteiger partial charge in [-0.05, 0) is 49.4 Å². The van der Waals surface area contributed by atoms with Crippen LogP contribution in [0.5, 0.6) is 0 Å². The van der Waals surface area contributed by atoms with Crippen LogP contribution >= 0.6 is 11.6 Å². The zero-order chi connectivity index (χ0) is 22.0. The zero-order valence-electron chi connectivity index (χ0n) is 17.1. The SMILES string of the molecule is NCC1(c2cccc(Cl)c2)CCC(n2nc(-c3ccccc3)cc(C(N)=O)c2=O)CC1. The highest BCUT2D eigenvalue weighted by atomic mass is 35.5. The molecule has 3 aromatic rings. The molecule has 1 aliphatic rings. The van der Waals surface area contributed by atoms with Crippen LogP contribution in [0, 0.1) is 0 Å². The van der Waals surface area contributed by atoms with Gasteiger partial charge in [-0.3, -0.25) is 9.59 Å². The Morgan fingerprint density at radius 1 is 1.10 bits per heavy atom. The topological polar surface area (TPSA) is 104 Å². The maximum absolute atomic E-state index is 13.0. The number of nitrogens with zero attached hydrogens (tertiary/aromatic N) is 2. The Morgan fingerprint density at radius 2 is 1.81 bits per heavy atom. The van der Waals surface area contributed by atoms with Gasteiger partial charge in [0.1, 0.15) is 5.56 Å². The Morgan fingerprint density at radius 3 is 2.42 bits per heavy atom. The summed E-state index contributed by atoms with van der Waals surface area (Å²) in [5, 5.41) is 5.30. The number of carbonyl (C=O) groups is 1. The van der Waals surface area contributed by atoms with E-state index in [0.717, 1.165) is 24.0 Å². The molecule has 0 saturated heterocycles. The number of benzene rings is 2. The minimum Gasteiger partial charge on any atom is -0.365 e. The smallest absolute Gasteiger partial charge is 0.279 e. The molecule has 1 amide bonds. The van der Waals surface area contributed by atoms with Crippen molar-refractivity contribution in [3.05, 3.63) is 87.2 Å². The van der Waals surface area contributed by atoms with Gasteiger partial charge < -0.3 is 11.5 Å². The van der Waals surface area contributed by atoms with Crippen LogP contribution in [-0.2, 0) is 5.41 Å². The molecular weight excluding hydrogens is 412 g/mol. The van der Waals surface area contributed by atoms with Crippen molar-refractivity contribution < 1.29 is 4.79 Å². The Labute approximate surface area is 185 Å². The van der Waals surface area contributed by atoms with Gasteiger partial charge in [0, 0.05) is 22.5 Å². The van der Waals surface area contributed by atoms with Crippen LogP contribution in [0.25, 0.3) is 11.3 Å². The Bertz CT molecular complexity index is 1150. The lowest BCUT2D eigenvalue weighted by molar-refractivity contribution is 0.0997. The summed E-state index contributed by atoms with van der Waals surface area (Å²) in [4.78, 5) is 25.0. The molecule has 4 rings (SSSR count). The average molecular weight is 437 g/mol. The lowest BCUT2D eigenvalue weighted by Gasteiger charge is -2.40. The largest absolute Gasteiger partial charge is 0.365 e. The molecule has 1 fully saturated rings. The molecule has 1 aliphatic carbocycles. The van der Waals surface area contributed by atoms with Gasteiger partial charge in [-0.15, -0.1) is 0 Å². The van der Waals surface area contributed by atoms with Gasteiger partial charge in [-0.2, -0.15) is 5.10 Å². The van der Waals surface area contributed by atoms with E-state index in [1.807, 2.05) is 48.5 Å². The van der Waals surface area contributed by atoms with Crippen LogP contribution in [0.4, 0.5) is 0 Å². The van der Waals surface area contributed by atoms with Gasteiger partial charge in [0.2, 0.25) is 0 Å². The highest BCUT2D eigenvalue weighted by molar-refractivity contribution is 6.30. The predicted octanol–water partition coefficient (Wildman–Crippen LogP) is 3.67. The number of primary amides is 1. The molecule has 0 aliphatic heterocycles. The second-order valence-electron chi connectivity index (χ2n) is 8.15. The Balaban J connectivity index is 1.69. The number of carbonyl (C=O) groups excluding carboxylic acids is 1. The van der Waals surface area contributed by atoms with Crippen molar-refractivity contribution in [3.63, 3.8) is 0 Å². The highest BCUT2D eigenvalue weighted by Gasteiger charge is 2.37. The fraction of sp³-hybridized carbons (Fsp3) is 0.292. The van der Waals surface area contributed by atoms with Crippen molar-refractivity contribution in [2.24, 2.45) is 11.5 Å². The first-order chi connectivity index (χ1) is 14.9. The van der Waals surface area contributed by atoms with E-state index in [1.54, 1.807) is 0 Å². The first-order valence-electron chi connectivity index (χ1n) is 10.4. The monoisotopic (exact) mass is 436 g/mol. The van der Waals surface area contributed by atoms with Crippen molar-refractivity contribution in [1.29, 1.82) is 0 Å². The molecule has 7 heteroatoms. The summed E-state index contributed by atoms with van der Waals surface area (Å²) in [6.45, 7) is 0.499. The van der Waals surface area contributed by atoms with E-state index in [2.05, 4.69) is 11.2 Å². The molecule has 31 heavy (non-hydrogen) atoms. The minimum absolute atomic E-state index is 0.0423. The van der Waals surface area contributed by atoms with Crippen LogP contribution < -0.4 is 17.0 Å². The molecule has 0 radical (unpaired) electrons. The molecule has 1 saturated carbocycles. The van der Waals surface area contributed by atoms with Crippen molar-refractivity contribution in [2.75, 3.05) is 6.54 Å². The summed E-state index contributed by atoms with van der Waals surface area (Å²) in [5.74, 6) is -0.746. The molecule has 0 atom stereocenters. The normalized spacial score (nSPS) is 21.0. The summed E-state index contributed by atoms with van der Waals surface area (Å²) in [5.41, 5.74) is 13.5. The van der Waals surface area contributed by atoms with Gasteiger partial charge in [-0.25, -0.2) is 4.68 Å². The standard InChI is InChI=1S/C24H25ClN4O2/c25-18-8-4-7-17(13-18)24(15-26)11-9-19(10-12-24)29-23(31)20(22(27)30)14-21(28-29)16-5-2-1-3-6-16/h1-8,13-14,19H,9-12,15,26H2,(H2,27,30). The summed E-state index contributed by atoms with van der Waals surface area (Å²) in [6.07, 6.45) is 3.02. The third-order valence-corrected chi connectivity index (χ3v) is 6.59. The first kappa shape index (κ1) is 21.3. The molecule has 0 unspecified atom stereocenters. The van der Waals surface area contributed by atoms with Crippen molar-refractivity contribution in [1.82, 2.24) is 9.78 Å². The van der Waals surface area contributed by atoms with E-state index in [0.29, 0.717) is 30.1 Å². The second kappa shape index (κ2) is 8.65. The van der Waals surface area contributed by atoms with Crippen LogP contribution in [0.15, 0.2) is 65.5 Å².